The molecule has 0 aromatic carbocycles. The molecule has 1 fully saturated rings. The van der Waals surface area contributed by atoms with E-state index in [1.165, 1.54) is 24.7 Å². The average Bonchev–Trinajstić information content (AvgIpc) is 3.32. The third kappa shape index (κ3) is 2.94. The van der Waals surface area contributed by atoms with Crippen LogP contribution >= 0.6 is 11.6 Å². The molecular weight excluding hydrogens is 312 g/mol. The summed E-state index contributed by atoms with van der Waals surface area (Å²) in [4.78, 5) is 12.7. The third-order valence-electron chi connectivity index (χ3n) is 4.02. The summed E-state index contributed by atoms with van der Waals surface area (Å²) >= 11 is 5.86. The largest absolute Gasteiger partial charge is 0.385 e. The fourth-order valence-electron chi connectivity index (χ4n) is 2.69. The fraction of sp³-hybridized carbons (Fsp3) is 0.312. The van der Waals surface area contributed by atoms with E-state index in [4.69, 9.17) is 16.6 Å². The van der Waals surface area contributed by atoms with Crippen molar-refractivity contribution in [2.24, 2.45) is 0 Å². The normalized spacial score (nSPS) is 14.2. The van der Waals surface area contributed by atoms with E-state index in [1.807, 2.05) is 7.05 Å². The molecule has 0 radical (unpaired) electrons. The Morgan fingerprint density at radius 2 is 2.13 bits per heavy atom. The molecule has 0 aliphatic heterocycles. The van der Waals surface area contributed by atoms with Crippen LogP contribution in [0.5, 0.6) is 0 Å². The molecule has 4 rings (SSSR count). The van der Waals surface area contributed by atoms with Crippen LogP contribution in [0.15, 0.2) is 30.9 Å². The summed E-state index contributed by atoms with van der Waals surface area (Å²) in [6.45, 7) is 0.580. The number of nitrogens with one attached hydrogen (secondary N) is 2. The second kappa shape index (κ2) is 5.70. The molecule has 3 aromatic rings. The van der Waals surface area contributed by atoms with Crippen molar-refractivity contribution in [1.29, 1.82) is 0 Å². The minimum atomic E-state index is 0.420. The number of anilines is 2. The Labute approximate surface area is 138 Å². The summed E-state index contributed by atoms with van der Waals surface area (Å²) in [5.41, 5.74) is 4.32. The van der Waals surface area contributed by atoms with Crippen LogP contribution in [0.2, 0.25) is 5.15 Å². The first-order valence-corrected chi connectivity index (χ1v) is 8.01. The van der Waals surface area contributed by atoms with E-state index in [9.17, 15) is 0 Å². The predicted octanol–water partition coefficient (Wildman–Crippen LogP) is 3.31. The molecule has 118 valence electrons. The van der Waals surface area contributed by atoms with E-state index in [0.29, 0.717) is 23.4 Å². The summed E-state index contributed by atoms with van der Waals surface area (Å²) in [5, 5.41) is 6.88. The van der Waals surface area contributed by atoms with Crippen LogP contribution in [0.1, 0.15) is 30.0 Å². The topological polar surface area (TPSA) is 67.1 Å². The summed E-state index contributed by atoms with van der Waals surface area (Å²) < 4.78 is 2.10. The zero-order valence-electron chi connectivity index (χ0n) is 12.8. The highest BCUT2D eigenvalue weighted by Gasteiger charge is 2.25. The molecule has 7 heteroatoms. The van der Waals surface area contributed by atoms with Crippen LogP contribution in [0.4, 0.5) is 11.5 Å². The summed E-state index contributed by atoms with van der Waals surface area (Å²) in [6, 6.07) is 3.91. The Hall–Kier alpha value is -2.34. The number of fused-ring (bicyclic) bond motifs is 1. The number of halogens is 1. The lowest BCUT2D eigenvalue weighted by Crippen LogP contribution is -2.01. The van der Waals surface area contributed by atoms with Crippen LogP contribution in [0.3, 0.4) is 0 Å². The molecule has 1 saturated carbocycles. The first-order valence-electron chi connectivity index (χ1n) is 7.63. The van der Waals surface area contributed by atoms with Gasteiger partial charge in [0, 0.05) is 25.5 Å². The molecule has 0 saturated heterocycles. The van der Waals surface area contributed by atoms with E-state index in [1.54, 1.807) is 6.07 Å². The molecule has 1 aliphatic carbocycles. The second-order valence-corrected chi connectivity index (χ2v) is 6.14. The number of hydrogen-bond acceptors (Lipinski definition) is 5. The lowest BCUT2D eigenvalue weighted by molar-refractivity contribution is 1.04. The van der Waals surface area contributed by atoms with Crippen molar-refractivity contribution in [2.75, 3.05) is 17.7 Å². The van der Waals surface area contributed by atoms with Crippen molar-refractivity contribution < 1.29 is 0 Å². The Balaban J connectivity index is 1.60. The van der Waals surface area contributed by atoms with Crippen molar-refractivity contribution in [3.05, 3.63) is 47.3 Å². The minimum Gasteiger partial charge on any atom is -0.385 e. The standard InChI is InChI=1S/C16H17ClN6/c1-18-13-4-11(10-2-3-10)7-23-8-12(22-16(13)23)6-19-15-5-14(17)20-9-21-15/h4-5,7-10,18H,2-3,6H2,1H3,(H,19,20,21). The second-order valence-electron chi connectivity index (χ2n) is 5.75. The van der Waals surface area contributed by atoms with Gasteiger partial charge in [0.25, 0.3) is 0 Å². The van der Waals surface area contributed by atoms with Crippen LogP contribution in [-0.2, 0) is 6.54 Å². The van der Waals surface area contributed by atoms with Gasteiger partial charge < -0.3 is 15.0 Å². The maximum Gasteiger partial charge on any atom is 0.160 e. The maximum absolute atomic E-state index is 5.86. The molecule has 0 bridgehead atoms. The molecule has 0 unspecified atom stereocenters. The third-order valence-corrected chi connectivity index (χ3v) is 4.23. The van der Waals surface area contributed by atoms with Crippen molar-refractivity contribution in [2.45, 2.75) is 25.3 Å². The van der Waals surface area contributed by atoms with E-state index in [0.717, 1.165) is 17.0 Å². The molecule has 2 N–H and O–H groups in total. The Morgan fingerprint density at radius 3 is 2.87 bits per heavy atom. The van der Waals surface area contributed by atoms with Gasteiger partial charge in [-0.25, -0.2) is 15.0 Å². The van der Waals surface area contributed by atoms with Gasteiger partial charge in [-0.2, -0.15) is 0 Å². The van der Waals surface area contributed by atoms with Crippen LogP contribution in [0, 0.1) is 0 Å². The molecule has 6 nitrogen and oxygen atoms in total. The quantitative estimate of drug-likeness (QED) is 0.703. The number of hydrogen-bond donors (Lipinski definition) is 2. The molecule has 1 aliphatic rings. The number of aromatic nitrogens is 4. The van der Waals surface area contributed by atoms with Gasteiger partial charge in [-0.1, -0.05) is 11.6 Å². The van der Waals surface area contributed by atoms with E-state index >= 15 is 0 Å². The van der Waals surface area contributed by atoms with Crippen LogP contribution in [-0.4, -0.2) is 26.4 Å². The smallest absolute Gasteiger partial charge is 0.160 e. The SMILES string of the molecule is CNc1cc(C2CC2)cn2cc(CNc3cc(Cl)ncn3)nc12. The average molecular weight is 329 g/mol. The molecular formula is C16H17ClN6. The lowest BCUT2D eigenvalue weighted by atomic mass is 10.2. The summed E-state index contributed by atoms with van der Waals surface area (Å²) in [5.74, 6) is 1.40. The first kappa shape index (κ1) is 14.3. The molecule has 3 heterocycles. The number of rotatable bonds is 5. The van der Waals surface area contributed by atoms with Crippen molar-refractivity contribution in [3.8, 4) is 0 Å². The number of imidazole rings is 1. The summed E-state index contributed by atoms with van der Waals surface area (Å²) in [6.07, 6.45) is 8.25. The maximum atomic E-state index is 5.86. The highest BCUT2D eigenvalue weighted by molar-refractivity contribution is 6.29. The fourth-order valence-corrected chi connectivity index (χ4v) is 2.84. The van der Waals surface area contributed by atoms with Gasteiger partial charge in [0.1, 0.15) is 17.3 Å². The highest BCUT2D eigenvalue weighted by atomic mass is 35.5. The Kier molecular flexibility index (Phi) is 3.53. The van der Waals surface area contributed by atoms with Gasteiger partial charge in [0.15, 0.2) is 5.65 Å². The van der Waals surface area contributed by atoms with Crippen LogP contribution < -0.4 is 10.6 Å². The Bertz CT molecular complexity index is 855. The van der Waals surface area contributed by atoms with Gasteiger partial charge >= 0.3 is 0 Å². The van der Waals surface area contributed by atoms with Crippen LogP contribution in [0.25, 0.3) is 5.65 Å². The first-order chi connectivity index (χ1) is 11.2. The van der Waals surface area contributed by atoms with Gasteiger partial charge in [-0.05, 0) is 30.4 Å². The van der Waals surface area contributed by atoms with Gasteiger partial charge in [-0.3, -0.25) is 0 Å². The lowest BCUT2D eigenvalue weighted by Gasteiger charge is -2.06. The minimum absolute atomic E-state index is 0.420. The van der Waals surface area contributed by atoms with E-state index in [-0.39, 0.29) is 0 Å². The summed E-state index contributed by atoms with van der Waals surface area (Å²) in [7, 11) is 1.93. The highest BCUT2D eigenvalue weighted by Crippen LogP contribution is 2.41. The predicted molar refractivity (Wildman–Crippen MR) is 91.1 cm³/mol. The number of nitrogens with zero attached hydrogens (tertiary/aromatic N) is 4. The number of pyridine rings is 1. The molecule has 23 heavy (non-hydrogen) atoms. The van der Waals surface area contributed by atoms with Gasteiger partial charge in [0.2, 0.25) is 0 Å². The zero-order chi connectivity index (χ0) is 15.8. The zero-order valence-corrected chi connectivity index (χ0v) is 13.5. The van der Waals surface area contributed by atoms with Gasteiger partial charge in [0.05, 0.1) is 17.9 Å². The van der Waals surface area contributed by atoms with Crippen molar-refractivity contribution in [3.63, 3.8) is 0 Å². The van der Waals surface area contributed by atoms with E-state index < -0.39 is 0 Å². The van der Waals surface area contributed by atoms with E-state index in [2.05, 4.69) is 43.5 Å². The molecule has 0 spiro atoms. The molecule has 3 aromatic heterocycles. The van der Waals surface area contributed by atoms with Crippen molar-refractivity contribution >= 4 is 28.8 Å². The van der Waals surface area contributed by atoms with Gasteiger partial charge in [-0.15, -0.1) is 0 Å². The molecule has 0 amide bonds. The molecule has 0 atom stereocenters. The monoisotopic (exact) mass is 328 g/mol. The van der Waals surface area contributed by atoms with Crippen molar-refractivity contribution in [1.82, 2.24) is 19.4 Å². The Morgan fingerprint density at radius 1 is 1.26 bits per heavy atom.